The van der Waals surface area contributed by atoms with Gasteiger partial charge in [0.15, 0.2) is 0 Å². The molecule has 0 saturated carbocycles. The van der Waals surface area contributed by atoms with Gasteiger partial charge in [0.05, 0.1) is 11.6 Å². The van der Waals surface area contributed by atoms with Crippen molar-refractivity contribution in [2.75, 3.05) is 32.1 Å². The topological polar surface area (TPSA) is 80.3 Å². The van der Waals surface area contributed by atoms with E-state index in [2.05, 4.69) is 15.0 Å². The predicted molar refractivity (Wildman–Crippen MR) is 75.1 cm³/mol. The standard InChI is InChI=1S/C11H18ClN3O3S/c1-3-4-13-11-10(12)7-9(8-14-11)19(16,17)15-5-6-18-2/h7-8,15H,3-6H2,1-2H3,(H,13,14). The molecule has 1 aromatic rings. The molecule has 0 bridgehead atoms. The lowest BCUT2D eigenvalue weighted by atomic mass is 10.4. The van der Waals surface area contributed by atoms with Gasteiger partial charge in [-0.3, -0.25) is 0 Å². The Morgan fingerprint density at radius 3 is 2.74 bits per heavy atom. The minimum absolute atomic E-state index is 0.0376. The van der Waals surface area contributed by atoms with E-state index < -0.39 is 10.0 Å². The Kier molecular flexibility index (Phi) is 6.50. The molecule has 0 aliphatic carbocycles. The first-order chi connectivity index (χ1) is 9.01. The summed E-state index contributed by atoms with van der Waals surface area (Å²) >= 11 is 5.99. The smallest absolute Gasteiger partial charge is 0.242 e. The first kappa shape index (κ1) is 16.2. The number of aromatic nitrogens is 1. The number of methoxy groups -OCH3 is 1. The number of nitrogens with zero attached hydrogens (tertiary/aromatic N) is 1. The molecule has 0 unspecified atom stereocenters. The lowest BCUT2D eigenvalue weighted by molar-refractivity contribution is 0.204. The van der Waals surface area contributed by atoms with Crippen LogP contribution in [0.25, 0.3) is 0 Å². The van der Waals surface area contributed by atoms with Gasteiger partial charge in [0, 0.05) is 26.4 Å². The summed E-state index contributed by atoms with van der Waals surface area (Å²) in [6.45, 7) is 3.24. The van der Waals surface area contributed by atoms with E-state index in [1.807, 2.05) is 6.92 Å². The fourth-order valence-electron chi connectivity index (χ4n) is 1.30. The van der Waals surface area contributed by atoms with E-state index in [9.17, 15) is 8.42 Å². The molecule has 1 rings (SSSR count). The Balaban J connectivity index is 2.81. The Hall–Kier alpha value is -0.890. The average Bonchev–Trinajstić information content (AvgIpc) is 2.37. The SMILES string of the molecule is CCCNc1ncc(S(=O)(=O)NCCOC)cc1Cl. The van der Waals surface area contributed by atoms with Crippen molar-refractivity contribution >= 4 is 27.4 Å². The molecular formula is C11H18ClN3O3S. The van der Waals surface area contributed by atoms with Crippen LogP contribution in [0.1, 0.15) is 13.3 Å². The highest BCUT2D eigenvalue weighted by Gasteiger charge is 2.15. The zero-order chi connectivity index (χ0) is 14.3. The van der Waals surface area contributed by atoms with Gasteiger partial charge >= 0.3 is 0 Å². The predicted octanol–water partition coefficient (Wildman–Crippen LogP) is 1.48. The highest BCUT2D eigenvalue weighted by Crippen LogP contribution is 2.22. The minimum atomic E-state index is -3.60. The van der Waals surface area contributed by atoms with Gasteiger partial charge in [-0.25, -0.2) is 18.1 Å². The molecule has 0 saturated heterocycles. The van der Waals surface area contributed by atoms with Crippen LogP contribution < -0.4 is 10.0 Å². The summed E-state index contributed by atoms with van der Waals surface area (Å²) in [6.07, 6.45) is 2.20. The van der Waals surface area contributed by atoms with E-state index in [0.717, 1.165) is 13.0 Å². The summed E-state index contributed by atoms with van der Waals surface area (Å²) in [7, 11) is -2.10. The maximum Gasteiger partial charge on any atom is 0.242 e. The first-order valence-corrected chi connectivity index (χ1v) is 7.75. The fourth-order valence-corrected chi connectivity index (χ4v) is 2.58. The third-order valence-electron chi connectivity index (χ3n) is 2.27. The van der Waals surface area contributed by atoms with Gasteiger partial charge in [-0.1, -0.05) is 18.5 Å². The van der Waals surface area contributed by atoms with Crippen LogP contribution in [0, 0.1) is 0 Å². The molecule has 0 fully saturated rings. The van der Waals surface area contributed by atoms with Crippen molar-refractivity contribution in [1.82, 2.24) is 9.71 Å². The number of sulfonamides is 1. The Labute approximate surface area is 118 Å². The van der Waals surface area contributed by atoms with Crippen molar-refractivity contribution in [2.45, 2.75) is 18.2 Å². The molecule has 108 valence electrons. The van der Waals surface area contributed by atoms with E-state index >= 15 is 0 Å². The van der Waals surface area contributed by atoms with Crippen LogP contribution in [0.5, 0.6) is 0 Å². The van der Waals surface area contributed by atoms with Crippen LogP contribution in [0.3, 0.4) is 0 Å². The molecule has 8 heteroatoms. The van der Waals surface area contributed by atoms with Crippen LogP contribution in [0.15, 0.2) is 17.2 Å². The Morgan fingerprint density at radius 2 is 2.16 bits per heavy atom. The van der Waals surface area contributed by atoms with Gasteiger partial charge in [-0.2, -0.15) is 0 Å². The van der Waals surface area contributed by atoms with Gasteiger partial charge in [0.2, 0.25) is 10.0 Å². The summed E-state index contributed by atoms with van der Waals surface area (Å²) in [4.78, 5) is 4.05. The van der Waals surface area contributed by atoms with Crippen LogP contribution in [0.4, 0.5) is 5.82 Å². The second kappa shape index (κ2) is 7.64. The van der Waals surface area contributed by atoms with Gasteiger partial charge in [-0.05, 0) is 12.5 Å². The summed E-state index contributed by atoms with van der Waals surface area (Å²) in [6, 6.07) is 1.38. The van der Waals surface area contributed by atoms with Crippen LogP contribution >= 0.6 is 11.6 Å². The number of nitrogens with one attached hydrogen (secondary N) is 2. The molecule has 0 aliphatic heterocycles. The highest BCUT2D eigenvalue weighted by molar-refractivity contribution is 7.89. The van der Waals surface area contributed by atoms with Gasteiger partial charge < -0.3 is 10.1 Å². The third kappa shape index (κ3) is 4.94. The summed E-state index contributed by atoms with van der Waals surface area (Å²) in [5, 5.41) is 3.30. The Morgan fingerprint density at radius 1 is 1.42 bits per heavy atom. The molecule has 0 atom stereocenters. The molecule has 0 spiro atoms. The minimum Gasteiger partial charge on any atom is -0.383 e. The fraction of sp³-hybridized carbons (Fsp3) is 0.545. The van der Waals surface area contributed by atoms with Gasteiger partial charge in [0.1, 0.15) is 10.7 Å². The number of hydrogen-bond donors (Lipinski definition) is 2. The number of hydrogen-bond acceptors (Lipinski definition) is 5. The molecule has 0 aliphatic rings. The van der Waals surface area contributed by atoms with Crippen molar-refractivity contribution in [3.8, 4) is 0 Å². The summed E-state index contributed by atoms with van der Waals surface area (Å²) in [5.41, 5.74) is 0. The van der Waals surface area contributed by atoms with Crippen molar-refractivity contribution in [2.24, 2.45) is 0 Å². The second-order valence-electron chi connectivity index (χ2n) is 3.82. The lowest BCUT2D eigenvalue weighted by Gasteiger charge is -2.09. The molecular weight excluding hydrogens is 290 g/mol. The number of ether oxygens (including phenoxy) is 1. The van der Waals surface area contributed by atoms with Crippen molar-refractivity contribution in [3.63, 3.8) is 0 Å². The van der Waals surface area contributed by atoms with Crippen LogP contribution in [-0.2, 0) is 14.8 Å². The largest absolute Gasteiger partial charge is 0.383 e. The summed E-state index contributed by atoms with van der Waals surface area (Å²) in [5.74, 6) is 0.486. The second-order valence-corrected chi connectivity index (χ2v) is 5.99. The molecule has 1 heterocycles. The van der Waals surface area contributed by atoms with E-state index in [1.165, 1.54) is 19.4 Å². The first-order valence-electron chi connectivity index (χ1n) is 5.89. The average molecular weight is 308 g/mol. The Bertz CT molecular complexity index is 508. The number of rotatable bonds is 8. The number of pyridine rings is 1. The lowest BCUT2D eigenvalue weighted by Crippen LogP contribution is -2.27. The maximum absolute atomic E-state index is 11.9. The third-order valence-corrected chi connectivity index (χ3v) is 3.98. The van der Waals surface area contributed by atoms with Gasteiger partial charge in [-0.15, -0.1) is 0 Å². The molecule has 1 aromatic heterocycles. The molecule has 0 amide bonds. The van der Waals surface area contributed by atoms with Crippen molar-refractivity contribution < 1.29 is 13.2 Å². The molecule has 0 aromatic carbocycles. The van der Waals surface area contributed by atoms with E-state index in [1.54, 1.807) is 0 Å². The van der Waals surface area contributed by atoms with Crippen LogP contribution in [-0.4, -0.2) is 40.2 Å². The number of halogens is 1. The van der Waals surface area contributed by atoms with Crippen molar-refractivity contribution in [1.29, 1.82) is 0 Å². The van der Waals surface area contributed by atoms with Gasteiger partial charge in [0.25, 0.3) is 0 Å². The number of anilines is 1. The van der Waals surface area contributed by atoms with E-state index in [-0.39, 0.29) is 16.5 Å². The van der Waals surface area contributed by atoms with E-state index in [4.69, 9.17) is 16.3 Å². The highest BCUT2D eigenvalue weighted by atomic mass is 35.5. The van der Waals surface area contributed by atoms with Crippen molar-refractivity contribution in [3.05, 3.63) is 17.3 Å². The monoisotopic (exact) mass is 307 g/mol. The van der Waals surface area contributed by atoms with E-state index in [0.29, 0.717) is 12.4 Å². The normalized spacial score (nSPS) is 11.5. The van der Waals surface area contributed by atoms with Crippen LogP contribution in [0.2, 0.25) is 5.02 Å². The molecule has 6 nitrogen and oxygen atoms in total. The zero-order valence-corrected chi connectivity index (χ0v) is 12.5. The zero-order valence-electron chi connectivity index (χ0n) is 10.9. The molecule has 2 N–H and O–H groups in total. The molecule has 0 radical (unpaired) electrons. The summed E-state index contributed by atoms with van der Waals surface area (Å²) < 4.78 is 31.0. The molecule has 19 heavy (non-hydrogen) atoms. The quantitative estimate of drug-likeness (QED) is 0.711. The maximum atomic E-state index is 11.9.